The molecule has 2 aromatic carbocycles. The van der Waals surface area contributed by atoms with Crippen molar-refractivity contribution >= 4 is 44.1 Å². The summed E-state index contributed by atoms with van der Waals surface area (Å²) >= 11 is 6.27. The molecular formula is C20H20ClNO4S. The van der Waals surface area contributed by atoms with Crippen molar-refractivity contribution in [1.29, 1.82) is 0 Å². The first-order valence-electron chi connectivity index (χ1n) is 8.35. The Labute approximate surface area is 163 Å². The van der Waals surface area contributed by atoms with Crippen molar-refractivity contribution < 1.29 is 17.6 Å². The SMILES string of the molecule is CC(=O)c1c(C)oc2c(Cl)cc(NS(=O)(=O)c3c(C)cc(C)cc3C)cc12. The number of aryl methyl sites for hydroxylation is 4. The molecule has 0 saturated carbocycles. The highest BCUT2D eigenvalue weighted by Crippen LogP contribution is 2.35. The average molecular weight is 406 g/mol. The molecule has 1 aromatic heterocycles. The topological polar surface area (TPSA) is 76.4 Å². The minimum atomic E-state index is -3.83. The second-order valence-corrected chi connectivity index (χ2v) is 8.78. The molecule has 0 atom stereocenters. The molecule has 3 rings (SSSR count). The monoisotopic (exact) mass is 405 g/mol. The molecule has 1 heterocycles. The molecule has 0 saturated heterocycles. The van der Waals surface area contributed by atoms with Gasteiger partial charge in [0.1, 0.15) is 5.76 Å². The maximum Gasteiger partial charge on any atom is 0.262 e. The third kappa shape index (κ3) is 3.47. The highest BCUT2D eigenvalue weighted by molar-refractivity contribution is 7.92. The summed E-state index contributed by atoms with van der Waals surface area (Å²) in [5, 5.41) is 0.723. The fourth-order valence-corrected chi connectivity index (χ4v) is 5.32. The van der Waals surface area contributed by atoms with E-state index in [9.17, 15) is 13.2 Å². The number of nitrogens with one attached hydrogen (secondary N) is 1. The summed E-state index contributed by atoms with van der Waals surface area (Å²) in [5.41, 5.74) is 3.36. The molecule has 0 aliphatic heterocycles. The van der Waals surface area contributed by atoms with E-state index in [1.807, 2.05) is 19.1 Å². The number of fused-ring (bicyclic) bond motifs is 1. The zero-order valence-corrected chi connectivity index (χ0v) is 17.3. The van der Waals surface area contributed by atoms with Crippen LogP contribution < -0.4 is 4.72 Å². The molecule has 5 nitrogen and oxygen atoms in total. The van der Waals surface area contributed by atoms with Crippen LogP contribution in [0.15, 0.2) is 33.6 Å². The first-order valence-corrected chi connectivity index (χ1v) is 10.2. The molecule has 142 valence electrons. The molecule has 27 heavy (non-hydrogen) atoms. The molecule has 0 aliphatic rings. The summed E-state index contributed by atoms with van der Waals surface area (Å²) in [6, 6.07) is 6.70. The molecule has 0 bridgehead atoms. The van der Waals surface area contributed by atoms with E-state index in [0.717, 1.165) is 5.56 Å². The van der Waals surface area contributed by atoms with Gasteiger partial charge >= 0.3 is 0 Å². The van der Waals surface area contributed by atoms with Crippen LogP contribution in [0.5, 0.6) is 0 Å². The van der Waals surface area contributed by atoms with Crippen LogP contribution in [-0.2, 0) is 10.0 Å². The fraction of sp³-hybridized carbons (Fsp3) is 0.250. The van der Waals surface area contributed by atoms with Crippen LogP contribution in [0.25, 0.3) is 11.0 Å². The first-order chi connectivity index (χ1) is 12.5. The Kier molecular flexibility index (Phi) is 4.82. The number of anilines is 1. The lowest BCUT2D eigenvalue weighted by Gasteiger charge is -2.14. The van der Waals surface area contributed by atoms with Crippen LogP contribution in [0.2, 0.25) is 5.02 Å². The van der Waals surface area contributed by atoms with Gasteiger partial charge in [-0.3, -0.25) is 9.52 Å². The number of sulfonamides is 1. The van der Waals surface area contributed by atoms with E-state index >= 15 is 0 Å². The molecule has 0 radical (unpaired) electrons. The van der Waals surface area contributed by atoms with E-state index in [1.165, 1.54) is 13.0 Å². The lowest BCUT2D eigenvalue weighted by molar-refractivity contribution is 0.101. The minimum absolute atomic E-state index is 0.174. The number of rotatable bonds is 4. The standard InChI is InChI=1S/C20H20ClNO4S/c1-10-6-11(2)20(12(3)7-10)27(24,25)22-15-8-16-18(13(4)23)14(5)26-19(16)17(21)9-15/h6-9,22H,1-5H3. The summed E-state index contributed by atoms with van der Waals surface area (Å²) in [4.78, 5) is 12.2. The Morgan fingerprint density at radius 3 is 2.19 bits per heavy atom. The Bertz CT molecular complexity index is 1170. The maximum absolute atomic E-state index is 13.0. The van der Waals surface area contributed by atoms with Gasteiger partial charge in [-0.1, -0.05) is 29.3 Å². The van der Waals surface area contributed by atoms with Crippen LogP contribution >= 0.6 is 11.6 Å². The number of hydrogen-bond acceptors (Lipinski definition) is 4. The van der Waals surface area contributed by atoms with E-state index in [2.05, 4.69) is 4.72 Å². The molecule has 1 N–H and O–H groups in total. The summed E-state index contributed by atoms with van der Waals surface area (Å²) in [6.45, 7) is 8.55. The van der Waals surface area contributed by atoms with E-state index in [4.69, 9.17) is 16.0 Å². The van der Waals surface area contributed by atoms with Gasteiger partial charge in [0.15, 0.2) is 11.4 Å². The van der Waals surface area contributed by atoms with E-state index in [-0.39, 0.29) is 21.4 Å². The maximum atomic E-state index is 13.0. The highest BCUT2D eigenvalue weighted by atomic mass is 35.5. The largest absolute Gasteiger partial charge is 0.459 e. The highest BCUT2D eigenvalue weighted by Gasteiger charge is 2.23. The van der Waals surface area contributed by atoms with Crippen molar-refractivity contribution in [2.75, 3.05) is 4.72 Å². The number of carbonyl (C=O) groups excluding carboxylic acids is 1. The van der Waals surface area contributed by atoms with Crippen LogP contribution in [0.3, 0.4) is 0 Å². The predicted octanol–water partition coefficient (Wildman–Crippen LogP) is 5.32. The average Bonchev–Trinajstić information content (AvgIpc) is 2.81. The van der Waals surface area contributed by atoms with Gasteiger partial charge in [-0.15, -0.1) is 0 Å². The van der Waals surface area contributed by atoms with Crippen LogP contribution in [0, 0.1) is 27.7 Å². The molecule has 7 heteroatoms. The first kappa shape index (κ1) is 19.5. The van der Waals surface area contributed by atoms with E-state index in [0.29, 0.717) is 33.4 Å². The third-order valence-corrected chi connectivity index (χ3v) is 6.36. The number of Topliss-reactive ketones (excluding diaryl/α,β-unsaturated/α-hetero) is 1. The minimum Gasteiger partial charge on any atom is -0.459 e. The molecule has 0 unspecified atom stereocenters. The third-order valence-electron chi connectivity index (χ3n) is 4.40. The predicted molar refractivity (Wildman–Crippen MR) is 107 cm³/mol. The number of ketones is 1. The normalized spacial score (nSPS) is 11.8. The van der Waals surface area contributed by atoms with Crippen molar-refractivity contribution in [2.45, 2.75) is 39.5 Å². The van der Waals surface area contributed by atoms with Crippen LogP contribution in [0.4, 0.5) is 5.69 Å². The second-order valence-electron chi connectivity index (χ2n) is 6.76. The van der Waals surface area contributed by atoms with Gasteiger partial charge in [-0.05, 0) is 57.9 Å². The lowest BCUT2D eigenvalue weighted by Crippen LogP contribution is -2.16. The number of halogens is 1. The van der Waals surface area contributed by atoms with Crippen LogP contribution in [0.1, 0.15) is 39.7 Å². The Hall–Kier alpha value is -2.31. The quantitative estimate of drug-likeness (QED) is 0.595. The van der Waals surface area contributed by atoms with Crippen molar-refractivity contribution in [3.63, 3.8) is 0 Å². The number of hydrogen-bond donors (Lipinski definition) is 1. The van der Waals surface area contributed by atoms with E-state index in [1.54, 1.807) is 26.8 Å². The summed E-state index contributed by atoms with van der Waals surface area (Å²) < 4.78 is 34.1. The Morgan fingerprint density at radius 2 is 1.63 bits per heavy atom. The van der Waals surface area contributed by atoms with Crippen molar-refractivity contribution in [3.05, 3.63) is 57.3 Å². The zero-order valence-electron chi connectivity index (χ0n) is 15.7. The van der Waals surface area contributed by atoms with Gasteiger partial charge in [0.2, 0.25) is 0 Å². The summed E-state index contributed by atoms with van der Waals surface area (Å²) in [7, 11) is -3.83. The lowest BCUT2D eigenvalue weighted by atomic mass is 10.1. The van der Waals surface area contributed by atoms with Gasteiger partial charge in [-0.25, -0.2) is 8.42 Å². The molecule has 0 fully saturated rings. The van der Waals surface area contributed by atoms with Gasteiger partial charge in [0, 0.05) is 5.39 Å². The van der Waals surface area contributed by atoms with E-state index < -0.39 is 10.0 Å². The number of carbonyl (C=O) groups is 1. The van der Waals surface area contributed by atoms with Crippen molar-refractivity contribution in [1.82, 2.24) is 0 Å². The second kappa shape index (κ2) is 6.69. The number of furan rings is 1. The van der Waals surface area contributed by atoms with Crippen LogP contribution in [-0.4, -0.2) is 14.2 Å². The molecule has 3 aromatic rings. The number of benzene rings is 2. The summed E-state index contributed by atoms with van der Waals surface area (Å²) in [6.07, 6.45) is 0. The fourth-order valence-electron chi connectivity index (χ4n) is 3.57. The molecule has 0 amide bonds. The Morgan fingerprint density at radius 1 is 1.04 bits per heavy atom. The molecule has 0 aliphatic carbocycles. The molecular weight excluding hydrogens is 386 g/mol. The zero-order chi connectivity index (χ0) is 20.1. The van der Waals surface area contributed by atoms with Crippen molar-refractivity contribution in [2.24, 2.45) is 0 Å². The van der Waals surface area contributed by atoms with Gasteiger partial charge in [-0.2, -0.15) is 0 Å². The van der Waals surface area contributed by atoms with Gasteiger partial charge < -0.3 is 4.42 Å². The van der Waals surface area contributed by atoms with Crippen molar-refractivity contribution in [3.8, 4) is 0 Å². The Balaban J connectivity index is 2.14. The van der Waals surface area contributed by atoms with Gasteiger partial charge in [0.25, 0.3) is 10.0 Å². The smallest absolute Gasteiger partial charge is 0.262 e. The van der Waals surface area contributed by atoms with Gasteiger partial charge in [0.05, 0.1) is 21.2 Å². The molecule has 0 spiro atoms. The summed E-state index contributed by atoms with van der Waals surface area (Å²) in [5.74, 6) is 0.275.